The fourth-order valence-corrected chi connectivity index (χ4v) is 3.87. The highest BCUT2D eigenvalue weighted by molar-refractivity contribution is 6.01. The number of rotatable bonds is 5. The quantitative estimate of drug-likeness (QED) is 0.528. The minimum Gasteiger partial charge on any atom is -0.457 e. The van der Waals surface area contributed by atoms with Gasteiger partial charge in [-0.2, -0.15) is 5.26 Å². The van der Waals surface area contributed by atoms with Gasteiger partial charge >= 0.3 is 0 Å². The molecule has 0 spiro atoms. The zero-order valence-electron chi connectivity index (χ0n) is 16.4. The molecular weight excluding hydrogens is 379 g/mol. The molecule has 0 aliphatic heterocycles. The van der Waals surface area contributed by atoms with Crippen molar-refractivity contribution in [1.82, 2.24) is 0 Å². The number of hydrogen-bond donors (Lipinski definition) is 1. The molecule has 1 amide bonds. The van der Waals surface area contributed by atoms with E-state index in [0.29, 0.717) is 17.2 Å². The Bertz CT molecular complexity index is 1100. The summed E-state index contributed by atoms with van der Waals surface area (Å²) in [4.78, 5) is 12.2. The van der Waals surface area contributed by atoms with Crippen molar-refractivity contribution in [3.05, 3.63) is 83.9 Å². The van der Waals surface area contributed by atoms with Crippen LogP contribution in [0.2, 0.25) is 0 Å². The standard InChI is InChI=1S/C25H21FN2O2/c26-20-7-3-18(4-8-20)23-13-11-22(30-23)12-14-24(29)28-21-9-5-19(6-10-21)25(17-27)15-1-2-16-25/h3-14H,1-2,15-16H2,(H,28,29)/b14-12+. The van der Waals surface area contributed by atoms with Crippen LogP contribution >= 0.6 is 0 Å². The summed E-state index contributed by atoms with van der Waals surface area (Å²) in [7, 11) is 0. The van der Waals surface area contributed by atoms with Crippen molar-refractivity contribution in [3.8, 4) is 17.4 Å². The van der Waals surface area contributed by atoms with Gasteiger partial charge in [0.05, 0.1) is 11.5 Å². The van der Waals surface area contributed by atoms with Gasteiger partial charge in [0.2, 0.25) is 5.91 Å². The molecule has 30 heavy (non-hydrogen) atoms. The number of carbonyl (C=O) groups excluding carboxylic acids is 1. The molecule has 1 aliphatic carbocycles. The van der Waals surface area contributed by atoms with E-state index in [0.717, 1.165) is 36.8 Å². The first-order valence-electron chi connectivity index (χ1n) is 9.95. The molecule has 5 heteroatoms. The van der Waals surface area contributed by atoms with E-state index in [4.69, 9.17) is 4.42 Å². The van der Waals surface area contributed by atoms with Crippen LogP contribution in [0.4, 0.5) is 10.1 Å². The average Bonchev–Trinajstić information content (AvgIpc) is 3.44. The van der Waals surface area contributed by atoms with Crippen molar-refractivity contribution < 1.29 is 13.6 Å². The van der Waals surface area contributed by atoms with Gasteiger partial charge in [-0.05, 0) is 73.0 Å². The first-order valence-corrected chi connectivity index (χ1v) is 9.95. The maximum atomic E-state index is 13.0. The monoisotopic (exact) mass is 400 g/mol. The zero-order valence-corrected chi connectivity index (χ0v) is 16.4. The molecule has 1 aliphatic rings. The Kier molecular flexibility index (Phi) is 5.49. The normalized spacial score (nSPS) is 15.2. The minimum absolute atomic E-state index is 0.279. The number of nitrogens with zero attached hydrogens (tertiary/aromatic N) is 1. The van der Waals surface area contributed by atoms with E-state index in [9.17, 15) is 14.4 Å². The molecule has 1 fully saturated rings. The predicted molar refractivity (Wildman–Crippen MR) is 114 cm³/mol. The van der Waals surface area contributed by atoms with Crippen LogP contribution in [0.25, 0.3) is 17.4 Å². The SMILES string of the molecule is N#CC1(c2ccc(NC(=O)/C=C/c3ccc(-c4ccc(F)cc4)o3)cc2)CCCC1. The third-order valence-electron chi connectivity index (χ3n) is 5.53. The number of anilines is 1. The summed E-state index contributed by atoms with van der Waals surface area (Å²) in [5.41, 5.74) is 2.06. The Hall–Kier alpha value is -3.65. The summed E-state index contributed by atoms with van der Waals surface area (Å²) in [5.74, 6) is 0.542. The summed E-state index contributed by atoms with van der Waals surface area (Å²) in [6, 6.07) is 19.5. The van der Waals surface area contributed by atoms with Crippen molar-refractivity contribution in [1.29, 1.82) is 5.26 Å². The Morgan fingerprint density at radius 2 is 1.73 bits per heavy atom. The second kappa shape index (κ2) is 8.38. The van der Waals surface area contributed by atoms with Crippen LogP contribution in [-0.2, 0) is 10.2 Å². The molecule has 0 bridgehead atoms. The number of halogens is 1. The molecule has 0 saturated heterocycles. The maximum Gasteiger partial charge on any atom is 0.248 e. The Labute approximate surface area is 174 Å². The van der Waals surface area contributed by atoms with E-state index in [1.165, 1.54) is 18.2 Å². The molecular formula is C25H21FN2O2. The first kappa shape index (κ1) is 19.7. The largest absolute Gasteiger partial charge is 0.457 e. The van der Waals surface area contributed by atoms with E-state index >= 15 is 0 Å². The van der Waals surface area contributed by atoms with Crippen LogP contribution in [-0.4, -0.2) is 5.91 Å². The summed E-state index contributed by atoms with van der Waals surface area (Å²) in [5, 5.41) is 12.4. The molecule has 4 rings (SSSR count). The van der Waals surface area contributed by atoms with Gasteiger partial charge in [-0.3, -0.25) is 4.79 Å². The second-order valence-corrected chi connectivity index (χ2v) is 7.51. The van der Waals surface area contributed by atoms with E-state index in [2.05, 4.69) is 11.4 Å². The van der Waals surface area contributed by atoms with Gasteiger partial charge in [-0.1, -0.05) is 25.0 Å². The van der Waals surface area contributed by atoms with Gasteiger partial charge < -0.3 is 9.73 Å². The summed E-state index contributed by atoms with van der Waals surface area (Å²) in [6.45, 7) is 0. The number of amides is 1. The Morgan fingerprint density at radius 1 is 1.03 bits per heavy atom. The summed E-state index contributed by atoms with van der Waals surface area (Å²) in [6.07, 6.45) is 6.91. The third kappa shape index (κ3) is 4.18. The van der Waals surface area contributed by atoms with Crippen molar-refractivity contribution >= 4 is 17.7 Å². The number of nitriles is 1. The van der Waals surface area contributed by atoms with Gasteiger partial charge in [-0.15, -0.1) is 0 Å². The third-order valence-corrected chi connectivity index (χ3v) is 5.53. The lowest BCUT2D eigenvalue weighted by molar-refractivity contribution is -0.111. The Balaban J connectivity index is 1.38. The van der Waals surface area contributed by atoms with Crippen molar-refractivity contribution in [3.63, 3.8) is 0 Å². The summed E-state index contributed by atoms with van der Waals surface area (Å²) < 4.78 is 18.7. The smallest absolute Gasteiger partial charge is 0.248 e. The van der Waals surface area contributed by atoms with E-state index < -0.39 is 0 Å². The van der Waals surface area contributed by atoms with E-state index in [1.807, 2.05) is 24.3 Å². The molecule has 0 unspecified atom stereocenters. The summed E-state index contributed by atoms with van der Waals surface area (Å²) >= 11 is 0. The van der Waals surface area contributed by atoms with Gasteiger partial charge in [0.25, 0.3) is 0 Å². The number of furan rings is 1. The zero-order chi connectivity index (χ0) is 21.0. The maximum absolute atomic E-state index is 13.0. The fourth-order valence-electron chi connectivity index (χ4n) is 3.87. The predicted octanol–water partition coefficient (Wildman–Crippen LogP) is 6.07. The molecule has 1 heterocycles. The molecule has 4 nitrogen and oxygen atoms in total. The molecule has 0 radical (unpaired) electrons. The van der Waals surface area contributed by atoms with Gasteiger partial charge in [0.1, 0.15) is 17.3 Å². The van der Waals surface area contributed by atoms with Gasteiger partial charge in [0.15, 0.2) is 0 Å². The molecule has 150 valence electrons. The van der Waals surface area contributed by atoms with Crippen LogP contribution in [0.1, 0.15) is 37.0 Å². The molecule has 1 aromatic heterocycles. The molecule has 1 N–H and O–H groups in total. The van der Waals surface area contributed by atoms with Crippen LogP contribution < -0.4 is 5.32 Å². The first-order chi connectivity index (χ1) is 14.6. The van der Waals surface area contributed by atoms with Crippen molar-refractivity contribution in [2.24, 2.45) is 0 Å². The van der Waals surface area contributed by atoms with Gasteiger partial charge in [-0.25, -0.2) is 4.39 Å². The lowest BCUT2D eigenvalue weighted by Crippen LogP contribution is -2.19. The van der Waals surface area contributed by atoms with Crippen LogP contribution in [0.3, 0.4) is 0 Å². The lowest BCUT2D eigenvalue weighted by Gasteiger charge is -2.20. The van der Waals surface area contributed by atoms with Crippen molar-refractivity contribution in [2.45, 2.75) is 31.1 Å². The van der Waals surface area contributed by atoms with E-state index in [-0.39, 0.29) is 17.1 Å². The second-order valence-electron chi connectivity index (χ2n) is 7.51. The number of benzene rings is 2. The Morgan fingerprint density at radius 3 is 2.40 bits per heavy atom. The van der Waals surface area contributed by atoms with Gasteiger partial charge in [0, 0.05) is 17.3 Å². The topological polar surface area (TPSA) is 66.0 Å². The highest BCUT2D eigenvalue weighted by Crippen LogP contribution is 2.40. The molecule has 1 saturated carbocycles. The highest BCUT2D eigenvalue weighted by Gasteiger charge is 2.35. The molecule has 3 aromatic rings. The number of carbonyl (C=O) groups is 1. The number of hydrogen-bond acceptors (Lipinski definition) is 3. The van der Waals surface area contributed by atoms with Crippen LogP contribution in [0.5, 0.6) is 0 Å². The van der Waals surface area contributed by atoms with Crippen LogP contribution in [0.15, 0.2) is 71.2 Å². The molecule has 0 atom stereocenters. The van der Waals surface area contributed by atoms with Crippen molar-refractivity contribution in [2.75, 3.05) is 5.32 Å². The molecule has 2 aromatic carbocycles. The lowest BCUT2D eigenvalue weighted by atomic mass is 9.80. The highest BCUT2D eigenvalue weighted by atomic mass is 19.1. The fraction of sp³-hybridized carbons (Fsp3) is 0.200. The van der Waals surface area contributed by atoms with E-state index in [1.54, 1.807) is 30.3 Å². The average molecular weight is 400 g/mol. The number of nitrogens with one attached hydrogen (secondary N) is 1. The minimum atomic E-state index is -0.385. The van der Waals surface area contributed by atoms with Crippen LogP contribution in [0, 0.1) is 17.1 Å².